The fourth-order valence-electron chi connectivity index (χ4n) is 3.90. The molecule has 1 aromatic heterocycles. The van der Waals surface area contributed by atoms with Crippen LogP contribution in [-0.4, -0.2) is 40.9 Å². The summed E-state index contributed by atoms with van der Waals surface area (Å²) in [7, 11) is 1.43. The van der Waals surface area contributed by atoms with Crippen LogP contribution in [0.25, 0.3) is 5.57 Å². The van der Waals surface area contributed by atoms with Crippen LogP contribution in [0.5, 0.6) is 0 Å². The molecule has 2 aromatic rings. The van der Waals surface area contributed by atoms with Gasteiger partial charge in [0.25, 0.3) is 5.56 Å². The second-order valence-corrected chi connectivity index (χ2v) is 8.44. The van der Waals surface area contributed by atoms with Gasteiger partial charge in [-0.05, 0) is 19.3 Å². The van der Waals surface area contributed by atoms with Gasteiger partial charge in [-0.15, -0.1) is 0 Å². The van der Waals surface area contributed by atoms with Gasteiger partial charge >= 0.3 is 12.1 Å². The first-order chi connectivity index (χ1) is 16.9. The molecular weight excluding hydrogens is 477 g/mol. The molecule has 0 spiro atoms. The molecule has 7 nitrogen and oxygen atoms in total. The van der Waals surface area contributed by atoms with Crippen LogP contribution in [0.15, 0.2) is 46.9 Å². The Labute approximate surface area is 205 Å². The number of alkyl halides is 3. The number of aryl methyl sites for hydroxylation is 1. The molecule has 1 atom stereocenters. The molecule has 0 saturated carbocycles. The normalized spacial score (nSPS) is 14.4. The molecule has 0 saturated heterocycles. The summed E-state index contributed by atoms with van der Waals surface area (Å²) >= 11 is 0. The van der Waals surface area contributed by atoms with E-state index in [2.05, 4.69) is 11.2 Å². The first-order valence-electron chi connectivity index (χ1n) is 11.1. The van der Waals surface area contributed by atoms with E-state index in [9.17, 15) is 32.7 Å². The molecular formula is C26H25F3N2O5. The predicted octanol–water partition coefficient (Wildman–Crippen LogP) is 2.59. The van der Waals surface area contributed by atoms with E-state index in [4.69, 9.17) is 4.74 Å². The Bertz CT molecular complexity index is 1330. The van der Waals surface area contributed by atoms with Crippen molar-refractivity contribution in [3.05, 3.63) is 74.7 Å². The van der Waals surface area contributed by atoms with Crippen LogP contribution in [-0.2, 0) is 33.4 Å². The molecule has 0 fully saturated rings. The molecule has 0 radical (unpaired) electrons. The average Bonchev–Trinajstić information content (AvgIpc) is 3.17. The van der Waals surface area contributed by atoms with E-state index in [-0.39, 0.29) is 41.2 Å². The van der Waals surface area contributed by atoms with Crippen molar-refractivity contribution in [1.29, 1.82) is 0 Å². The number of nitrogens with one attached hydrogen (secondary N) is 1. The first kappa shape index (κ1) is 26.8. The number of ether oxygens (including phenoxy) is 1. The topological polar surface area (TPSA) is 97.6 Å². The third-order valence-electron chi connectivity index (χ3n) is 5.70. The second-order valence-electron chi connectivity index (χ2n) is 8.44. The number of hydrogen-bond donors (Lipinski definition) is 2. The first-order valence-corrected chi connectivity index (χ1v) is 11.1. The zero-order valence-electron chi connectivity index (χ0n) is 20.0. The number of fused-ring (bicyclic) bond motifs is 1. The van der Waals surface area contributed by atoms with E-state index in [1.54, 1.807) is 6.92 Å². The maximum Gasteiger partial charge on any atom is 0.433 e. The maximum atomic E-state index is 13.9. The summed E-state index contributed by atoms with van der Waals surface area (Å²) in [5, 5.41) is 13.2. The van der Waals surface area contributed by atoms with E-state index in [0.717, 1.165) is 12.1 Å². The van der Waals surface area contributed by atoms with Crippen molar-refractivity contribution in [3.63, 3.8) is 0 Å². The highest BCUT2D eigenvalue weighted by molar-refractivity contribution is 6.19. The number of carbonyl (C=O) groups excluding carboxylic acids is 2. The van der Waals surface area contributed by atoms with E-state index < -0.39 is 28.9 Å². The van der Waals surface area contributed by atoms with Crippen LogP contribution < -0.4 is 10.9 Å². The molecule has 1 unspecified atom stereocenters. The third-order valence-corrected chi connectivity index (χ3v) is 5.70. The van der Waals surface area contributed by atoms with Gasteiger partial charge in [-0.25, -0.2) is 4.79 Å². The van der Waals surface area contributed by atoms with Gasteiger partial charge in [0.1, 0.15) is 0 Å². The lowest BCUT2D eigenvalue weighted by Gasteiger charge is -2.25. The highest BCUT2D eigenvalue weighted by Gasteiger charge is 2.54. The van der Waals surface area contributed by atoms with Crippen LogP contribution in [0.2, 0.25) is 0 Å². The zero-order valence-corrected chi connectivity index (χ0v) is 20.0. The van der Waals surface area contributed by atoms with Gasteiger partial charge in [0, 0.05) is 55.4 Å². The second kappa shape index (κ2) is 10.4. The van der Waals surface area contributed by atoms with Gasteiger partial charge in [-0.1, -0.05) is 41.8 Å². The van der Waals surface area contributed by atoms with Crippen LogP contribution in [0, 0.1) is 11.8 Å². The van der Waals surface area contributed by atoms with Crippen molar-refractivity contribution in [2.24, 2.45) is 7.05 Å². The molecule has 2 N–H and O–H groups in total. The number of halogens is 3. The quantitative estimate of drug-likeness (QED) is 0.360. The highest BCUT2D eigenvalue weighted by Crippen LogP contribution is 2.39. The Hall–Kier alpha value is -3.84. The summed E-state index contributed by atoms with van der Waals surface area (Å²) < 4.78 is 48.2. The van der Waals surface area contributed by atoms with Crippen LogP contribution in [0.1, 0.15) is 42.5 Å². The monoisotopic (exact) mass is 502 g/mol. The van der Waals surface area contributed by atoms with Crippen molar-refractivity contribution >= 4 is 17.4 Å². The Morgan fingerprint density at radius 3 is 2.50 bits per heavy atom. The number of pyridine rings is 1. The molecule has 0 aliphatic heterocycles. The number of rotatable bonds is 6. The summed E-state index contributed by atoms with van der Waals surface area (Å²) in [5.74, 6) is 3.35. The van der Waals surface area contributed by atoms with Crippen molar-refractivity contribution in [3.8, 4) is 11.8 Å². The molecule has 1 aromatic carbocycles. The lowest BCUT2D eigenvalue weighted by Crippen LogP contribution is -2.41. The Morgan fingerprint density at radius 2 is 1.89 bits per heavy atom. The maximum absolute atomic E-state index is 13.9. The van der Waals surface area contributed by atoms with Crippen LogP contribution in [0.4, 0.5) is 13.2 Å². The molecule has 1 heterocycles. The molecule has 1 aliphatic rings. The van der Waals surface area contributed by atoms with Gasteiger partial charge < -0.3 is 19.7 Å². The van der Waals surface area contributed by atoms with Crippen molar-refractivity contribution in [2.45, 2.75) is 38.5 Å². The van der Waals surface area contributed by atoms with E-state index >= 15 is 0 Å². The van der Waals surface area contributed by atoms with Crippen molar-refractivity contribution < 1.29 is 32.6 Å². The van der Waals surface area contributed by atoms with E-state index in [1.807, 2.05) is 5.92 Å². The van der Waals surface area contributed by atoms with Crippen molar-refractivity contribution in [1.82, 2.24) is 9.88 Å². The number of carbonyl (C=O) groups is 2. The van der Waals surface area contributed by atoms with Gasteiger partial charge in [0.2, 0.25) is 11.5 Å². The van der Waals surface area contributed by atoms with Crippen molar-refractivity contribution in [2.75, 3.05) is 13.2 Å². The summed E-state index contributed by atoms with van der Waals surface area (Å²) in [6, 6.07) is 6.44. The number of nitrogens with zero attached hydrogens (tertiary/aromatic N) is 1. The van der Waals surface area contributed by atoms with Gasteiger partial charge in [-0.3, -0.25) is 9.59 Å². The fraction of sp³-hybridized carbons (Fsp3) is 0.346. The van der Waals surface area contributed by atoms with Gasteiger partial charge in [-0.2, -0.15) is 13.2 Å². The zero-order chi connectivity index (χ0) is 26.7. The smallest absolute Gasteiger partial charge is 0.433 e. The summed E-state index contributed by atoms with van der Waals surface area (Å²) in [4.78, 5) is 36.6. The molecule has 190 valence electrons. The van der Waals surface area contributed by atoms with Gasteiger partial charge in [0.15, 0.2) is 0 Å². The number of aliphatic hydroxyl groups is 1. The number of hydrogen-bond acceptors (Lipinski definition) is 5. The SMILES string of the molecule is CC(=O)NCCCOC(=O)C1=C(C)Cc2c1c(C#CC(O)(c1ccccc1)C(F)(F)F)cn(C)c2=O. The number of amides is 1. The molecule has 3 rings (SSSR count). The van der Waals surface area contributed by atoms with Crippen LogP contribution in [0.3, 0.4) is 0 Å². The predicted molar refractivity (Wildman–Crippen MR) is 126 cm³/mol. The summed E-state index contributed by atoms with van der Waals surface area (Å²) in [6.45, 7) is 3.26. The standard InChI is InChI=1S/C26H25F3N2O5/c1-16-14-20-22(21(16)24(34)36-13-7-12-30-17(2)32)18(15-31(3)23(20)33)10-11-25(35,26(27,28)29)19-8-5-4-6-9-19/h4-6,8-9,15,35H,7,12-14H2,1-3H3,(H,30,32). The minimum atomic E-state index is -5.12. The lowest BCUT2D eigenvalue weighted by atomic mass is 9.92. The molecule has 10 heteroatoms. The minimum Gasteiger partial charge on any atom is -0.462 e. The number of aromatic nitrogens is 1. The largest absolute Gasteiger partial charge is 0.462 e. The minimum absolute atomic E-state index is 0.0150. The van der Waals surface area contributed by atoms with E-state index in [0.29, 0.717) is 18.5 Å². The highest BCUT2D eigenvalue weighted by atomic mass is 19.4. The van der Waals surface area contributed by atoms with E-state index in [1.165, 1.54) is 42.9 Å². The summed E-state index contributed by atoms with van der Waals surface area (Å²) in [5.41, 5.74) is -3.49. The number of esters is 1. The molecule has 0 bridgehead atoms. The molecule has 36 heavy (non-hydrogen) atoms. The molecule has 1 amide bonds. The lowest BCUT2D eigenvalue weighted by molar-refractivity contribution is -0.240. The molecule has 1 aliphatic carbocycles. The van der Waals surface area contributed by atoms with Gasteiger partial charge in [0.05, 0.1) is 12.2 Å². The average molecular weight is 502 g/mol. The Balaban J connectivity index is 2.03. The van der Waals surface area contributed by atoms with Crippen LogP contribution >= 0.6 is 0 Å². The Kier molecular flexibility index (Phi) is 7.74. The number of benzene rings is 1. The number of allylic oxidation sites excluding steroid dienone is 1. The Morgan fingerprint density at radius 1 is 1.22 bits per heavy atom. The fourth-order valence-corrected chi connectivity index (χ4v) is 3.90. The third kappa shape index (κ3) is 5.36. The summed E-state index contributed by atoms with van der Waals surface area (Å²) in [6.07, 6.45) is -3.43.